The molecule has 2 rings (SSSR count). The molecule has 0 fully saturated rings. The number of nitrogens with one attached hydrogen (secondary N) is 2. The normalized spacial score (nSPS) is 13.9. The number of aromatic nitrogens is 1. The van der Waals surface area contributed by atoms with Crippen LogP contribution in [0.4, 0.5) is 0 Å². The molecule has 0 saturated heterocycles. The minimum atomic E-state index is -0.441. The Kier molecular flexibility index (Phi) is 2.11. The van der Waals surface area contributed by atoms with Crippen molar-refractivity contribution in [3.63, 3.8) is 0 Å². The van der Waals surface area contributed by atoms with Gasteiger partial charge in [-0.3, -0.25) is 9.47 Å². The first-order valence-corrected chi connectivity index (χ1v) is 4.47. The van der Waals surface area contributed by atoms with E-state index in [0.717, 1.165) is 0 Å². The third kappa shape index (κ3) is 1.34. The van der Waals surface area contributed by atoms with E-state index < -0.39 is 5.97 Å². The van der Waals surface area contributed by atoms with E-state index in [9.17, 15) is 9.59 Å². The number of carbonyl (C=O) groups excluding carboxylic acids is 2. The number of rotatable bonds is 1. The van der Waals surface area contributed by atoms with Crippen molar-refractivity contribution in [2.24, 2.45) is 0 Å². The molecule has 0 aliphatic carbocycles. The second-order valence-corrected chi connectivity index (χ2v) is 3.22. The van der Waals surface area contributed by atoms with Gasteiger partial charge >= 0.3 is 5.97 Å². The van der Waals surface area contributed by atoms with Crippen molar-refractivity contribution in [3.05, 3.63) is 23.0 Å². The highest BCUT2D eigenvalue weighted by Gasteiger charge is 2.25. The van der Waals surface area contributed by atoms with Gasteiger partial charge in [-0.15, -0.1) is 0 Å². The molecule has 80 valence electrons. The highest BCUT2D eigenvalue weighted by Crippen LogP contribution is 2.17. The third-order valence-electron chi connectivity index (χ3n) is 2.38. The zero-order valence-electron chi connectivity index (χ0n) is 8.46. The van der Waals surface area contributed by atoms with Crippen molar-refractivity contribution in [2.45, 2.75) is 6.92 Å². The Hall–Kier alpha value is -1.98. The average Bonchev–Trinajstić information content (AvgIpc) is 2.56. The molecule has 2 N–H and O–H groups in total. The summed E-state index contributed by atoms with van der Waals surface area (Å²) in [4.78, 5) is 22.9. The van der Waals surface area contributed by atoms with Crippen LogP contribution in [0.1, 0.15) is 26.4 Å². The predicted octanol–water partition coefficient (Wildman–Crippen LogP) is -0.172. The van der Waals surface area contributed by atoms with Crippen LogP contribution in [0, 0.1) is 6.92 Å². The second kappa shape index (κ2) is 3.30. The number of hydrogen-bond donors (Lipinski definition) is 2. The summed E-state index contributed by atoms with van der Waals surface area (Å²) in [6, 6.07) is 0. The first kappa shape index (κ1) is 9.57. The van der Waals surface area contributed by atoms with E-state index in [1.807, 2.05) is 0 Å². The maximum Gasteiger partial charge on any atom is 0.339 e. The zero-order chi connectivity index (χ0) is 11.0. The number of nitrogens with zero attached hydrogens (tertiary/aromatic N) is 1. The first-order valence-electron chi connectivity index (χ1n) is 4.47. The van der Waals surface area contributed by atoms with E-state index >= 15 is 0 Å². The van der Waals surface area contributed by atoms with Gasteiger partial charge in [0.1, 0.15) is 12.4 Å². The van der Waals surface area contributed by atoms with Crippen LogP contribution in [0.25, 0.3) is 0 Å². The lowest BCUT2D eigenvalue weighted by atomic mass is 10.1. The highest BCUT2D eigenvalue weighted by molar-refractivity contribution is 6.00. The van der Waals surface area contributed by atoms with Crippen molar-refractivity contribution in [1.29, 1.82) is 0 Å². The molecular weight excluding hydrogens is 198 g/mol. The number of ether oxygens (including phenoxy) is 1. The van der Waals surface area contributed by atoms with Crippen LogP contribution in [0.5, 0.6) is 0 Å². The smallest absolute Gasteiger partial charge is 0.339 e. The molecule has 1 amide bonds. The second-order valence-electron chi connectivity index (χ2n) is 3.22. The van der Waals surface area contributed by atoms with E-state index in [-0.39, 0.29) is 5.91 Å². The summed E-state index contributed by atoms with van der Waals surface area (Å²) in [7, 11) is 1.31. The molecule has 6 heteroatoms. The molecule has 1 aromatic heterocycles. The Balaban J connectivity index is 2.53. The molecule has 0 bridgehead atoms. The van der Waals surface area contributed by atoms with Crippen molar-refractivity contribution in [1.82, 2.24) is 9.99 Å². The average molecular weight is 209 g/mol. The van der Waals surface area contributed by atoms with Gasteiger partial charge in [-0.25, -0.2) is 4.79 Å². The van der Waals surface area contributed by atoms with Crippen LogP contribution in [-0.4, -0.2) is 30.3 Å². The minimum Gasteiger partial charge on any atom is -0.465 e. The third-order valence-corrected chi connectivity index (χ3v) is 2.38. The fourth-order valence-electron chi connectivity index (χ4n) is 1.61. The van der Waals surface area contributed by atoms with E-state index in [4.69, 9.17) is 0 Å². The molecule has 1 aliphatic rings. The molecule has 0 radical (unpaired) electrons. The lowest BCUT2D eigenvalue weighted by molar-refractivity contribution is 0.0600. The molecule has 0 unspecified atom stereocenters. The summed E-state index contributed by atoms with van der Waals surface area (Å²) in [6.07, 6.45) is 1.56. The minimum absolute atomic E-state index is 0.193. The summed E-state index contributed by atoms with van der Waals surface area (Å²) in [6.45, 7) is 2.06. The van der Waals surface area contributed by atoms with Gasteiger partial charge in [0.15, 0.2) is 0 Å². The van der Waals surface area contributed by atoms with Gasteiger partial charge in [0.05, 0.1) is 12.7 Å². The van der Waals surface area contributed by atoms with Crippen LogP contribution in [0.15, 0.2) is 6.20 Å². The fraction of sp³-hybridized carbons (Fsp3) is 0.333. The Morgan fingerprint density at radius 2 is 2.33 bits per heavy atom. The number of carbonyl (C=O) groups is 2. The summed E-state index contributed by atoms with van der Waals surface area (Å²) < 4.78 is 6.16. The number of esters is 1. The van der Waals surface area contributed by atoms with Crippen LogP contribution in [0.2, 0.25) is 0 Å². The maximum absolute atomic E-state index is 11.5. The zero-order valence-corrected chi connectivity index (χ0v) is 8.46. The van der Waals surface area contributed by atoms with Gasteiger partial charge in [-0.05, 0) is 12.5 Å². The molecule has 15 heavy (non-hydrogen) atoms. The summed E-state index contributed by atoms with van der Waals surface area (Å²) in [5.74, 6) is -0.634. The molecular formula is C9H11N3O3. The van der Waals surface area contributed by atoms with Crippen molar-refractivity contribution >= 4 is 11.9 Å². The molecule has 0 aromatic carbocycles. The number of fused-ring (bicyclic) bond motifs is 1. The number of hydrogen-bond acceptors (Lipinski definition) is 4. The monoisotopic (exact) mass is 209 g/mol. The van der Waals surface area contributed by atoms with Crippen LogP contribution >= 0.6 is 0 Å². The molecule has 0 saturated carbocycles. The Bertz CT molecular complexity index is 436. The SMILES string of the molecule is COC(=O)c1cn2c(c1C)C(=O)NCN2. The predicted molar refractivity (Wildman–Crippen MR) is 52.2 cm³/mol. The Labute approximate surface area is 86.2 Å². The van der Waals surface area contributed by atoms with Gasteiger partial charge in [-0.1, -0.05) is 0 Å². The van der Waals surface area contributed by atoms with Crippen LogP contribution in [-0.2, 0) is 4.74 Å². The largest absolute Gasteiger partial charge is 0.465 e. The van der Waals surface area contributed by atoms with Crippen LogP contribution < -0.4 is 10.7 Å². The number of amides is 1. The Morgan fingerprint density at radius 3 is 2.93 bits per heavy atom. The van der Waals surface area contributed by atoms with E-state index in [2.05, 4.69) is 15.5 Å². The van der Waals surface area contributed by atoms with E-state index in [1.54, 1.807) is 17.8 Å². The molecule has 1 aliphatic heterocycles. The van der Waals surface area contributed by atoms with Gasteiger partial charge in [-0.2, -0.15) is 0 Å². The van der Waals surface area contributed by atoms with Gasteiger partial charge in [0, 0.05) is 6.20 Å². The van der Waals surface area contributed by atoms with Gasteiger partial charge < -0.3 is 15.5 Å². The summed E-state index contributed by atoms with van der Waals surface area (Å²) in [5.41, 5.74) is 4.37. The van der Waals surface area contributed by atoms with Crippen molar-refractivity contribution < 1.29 is 14.3 Å². The first-order chi connectivity index (χ1) is 7.15. The maximum atomic E-state index is 11.5. The lowest BCUT2D eigenvalue weighted by Gasteiger charge is -2.18. The Morgan fingerprint density at radius 1 is 1.60 bits per heavy atom. The molecule has 2 heterocycles. The van der Waals surface area contributed by atoms with Gasteiger partial charge in [0.25, 0.3) is 5.91 Å². The standard InChI is InChI=1S/C9H11N3O3/c1-5-6(9(14)15-2)3-12-7(5)8(13)10-4-11-12/h3,11H,4H2,1-2H3,(H,10,13). The topological polar surface area (TPSA) is 72.4 Å². The van der Waals surface area contributed by atoms with Crippen molar-refractivity contribution in [2.75, 3.05) is 19.2 Å². The fourth-order valence-corrected chi connectivity index (χ4v) is 1.61. The van der Waals surface area contributed by atoms with Gasteiger partial charge in [0.2, 0.25) is 0 Å². The molecule has 0 spiro atoms. The summed E-state index contributed by atoms with van der Waals surface area (Å²) >= 11 is 0. The van der Waals surface area contributed by atoms with Crippen LogP contribution in [0.3, 0.4) is 0 Å². The summed E-state index contributed by atoms with van der Waals surface area (Å²) in [5, 5.41) is 2.63. The number of methoxy groups -OCH3 is 1. The lowest BCUT2D eigenvalue weighted by Crippen LogP contribution is -2.41. The molecule has 0 atom stereocenters. The van der Waals surface area contributed by atoms with E-state index in [1.165, 1.54) is 7.11 Å². The molecule has 1 aromatic rings. The highest BCUT2D eigenvalue weighted by atomic mass is 16.5. The quantitative estimate of drug-likeness (QED) is 0.630. The van der Waals surface area contributed by atoms with E-state index in [0.29, 0.717) is 23.5 Å². The van der Waals surface area contributed by atoms with Crippen molar-refractivity contribution in [3.8, 4) is 0 Å². The molecule has 6 nitrogen and oxygen atoms in total.